The van der Waals surface area contributed by atoms with Crippen molar-refractivity contribution in [1.29, 1.82) is 0 Å². The van der Waals surface area contributed by atoms with E-state index in [-0.39, 0.29) is 12.5 Å². The van der Waals surface area contributed by atoms with E-state index in [1.54, 1.807) is 0 Å². The van der Waals surface area contributed by atoms with E-state index in [1.807, 2.05) is 51.1 Å². The third kappa shape index (κ3) is 8.16. The maximum absolute atomic E-state index is 12.3. The summed E-state index contributed by atoms with van der Waals surface area (Å²) < 4.78 is 38.2. The van der Waals surface area contributed by atoms with Crippen LogP contribution in [0.15, 0.2) is 30.3 Å². The molecule has 1 amide bonds. The summed E-state index contributed by atoms with van der Waals surface area (Å²) in [7, 11) is -3.43. The average Bonchev–Trinajstić information content (AvgIpc) is 3.22. The lowest BCUT2D eigenvalue weighted by molar-refractivity contribution is 0.0385. The van der Waals surface area contributed by atoms with Gasteiger partial charge in [0.15, 0.2) is 0 Å². The van der Waals surface area contributed by atoms with Crippen LogP contribution >= 0.6 is 0 Å². The van der Waals surface area contributed by atoms with Gasteiger partial charge in [0.25, 0.3) is 10.1 Å². The van der Waals surface area contributed by atoms with E-state index in [4.69, 9.17) is 13.7 Å². The van der Waals surface area contributed by atoms with Gasteiger partial charge in [0.1, 0.15) is 5.60 Å². The van der Waals surface area contributed by atoms with Crippen LogP contribution in [0.5, 0.6) is 0 Å². The largest absolute Gasteiger partial charge is 0.444 e. The van der Waals surface area contributed by atoms with Crippen LogP contribution in [0.25, 0.3) is 0 Å². The minimum atomic E-state index is -3.43. The zero-order chi connectivity index (χ0) is 20.8. The average molecular weight is 414 g/mol. The van der Waals surface area contributed by atoms with Gasteiger partial charge in [-0.15, -0.1) is 0 Å². The zero-order valence-corrected chi connectivity index (χ0v) is 17.9. The van der Waals surface area contributed by atoms with Gasteiger partial charge in [0.05, 0.1) is 31.6 Å². The first-order valence-electron chi connectivity index (χ1n) is 9.46. The molecule has 28 heavy (non-hydrogen) atoms. The van der Waals surface area contributed by atoms with Crippen LogP contribution in [-0.2, 0) is 30.4 Å². The van der Waals surface area contributed by atoms with Crippen molar-refractivity contribution in [3.63, 3.8) is 0 Å². The van der Waals surface area contributed by atoms with Crippen molar-refractivity contribution in [3.05, 3.63) is 35.9 Å². The van der Waals surface area contributed by atoms with E-state index in [1.165, 1.54) is 0 Å². The Hall–Kier alpha value is -1.64. The summed E-state index contributed by atoms with van der Waals surface area (Å²) in [6.45, 7) is 6.43. The first kappa shape index (κ1) is 22.6. The first-order valence-corrected chi connectivity index (χ1v) is 11.3. The summed E-state index contributed by atoms with van der Waals surface area (Å²) in [6, 6.07) is 9.83. The van der Waals surface area contributed by atoms with E-state index < -0.39 is 27.4 Å². The van der Waals surface area contributed by atoms with Crippen molar-refractivity contribution in [2.45, 2.75) is 57.8 Å². The van der Waals surface area contributed by atoms with Crippen LogP contribution in [0.2, 0.25) is 0 Å². The highest BCUT2D eigenvalue weighted by molar-refractivity contribution is 7.85. The molecule has 1 aliphatic rings. The third-order valence-electron chi connectivity index (χ3n) is 4.45. The maximum Gasteiger partial charge on any atom is 0.408 e. The fraction of sp³-hybridized carbons (Fsp3) is 0.650. The zero-order valence-electron chi connectivity index (χ0n) is 17.1. The van der Waals surface area contributed by atoms with Crippen LogP contribution in [0.3, 0.4) is 0 Å². The van der Waals surface area contributed by atoms with Crippen LogP contribution in [0.1, 0.15) is 45.6 Å². The molecular weight excluding hydrogens is 382 g/mol. The molecule has 0 bridgehead atoms. The van der Waals surface area contributed by atoms with Crippen molar-refractivity contribution < 1.29 is 26.9 Å². The molecule has 0 spiro atoms. The van der Waals surface area contributed by atoms with Gasteiger partial charge in [-0.05, 0) is 51.5 Å². The molecule has 0 radical (unpaired) electrons. The number of nitrogens with one attached hydrogen (secondary N) is 1. The van der Waals surface area contributed by atoms with Gasteiger partial charge in [-0.1, -0.05) is 30.3 Å². The normalized spacial score (nSPS) is 21.9. The quantitative estimate of drug-likeness (QED) is 0.468. The van der Waals surface area contributed by atoms with Crippen molar-refractivity contribution >= 4 is 16.2 Å². The summed E-state index contributed by atoms with van der Waals surface area (Å²) in [4.78, 5) is 12.3. The molecule has 158 valence electrons. The van der Waals surface area contributed by atoms with Gasteiger partial charge >= 0.3 is 6.09 Å². The SMILES string of the molecule is CC(C)(C)OC(=O)N[C@@]1(COCc2ccccc2)C[C@@H]1CCCOS(C)(=O)=O. The molecule has 0 saturated heterocycles. The summed E-state index contributed by atoms with van der Waals surface area (Å²) >= 11 is 0. The highest BCUT2D eigenvalue weighted by Gasteiger charge is 2.55. The van der Waals surface area contributed by atoms with Crippen molar-refractivity contribution in [2.24, 2.45) is 5.92 Å². The van der Waals surface area contributed by atoms with Crippen molar-refractivity contribution in [3.8, 4) is 0 Å². The Labute approximate surface area is 167 Å². The Morgan fingerprint density at radius 3 is 2.54 bits per heavy atom. The van der Waals surface area contributed by atoms with Crippen LogP contribution in [0.4, 0.5) is 4.79 Å². The molecule has 2 atom stereocenters. The third-order valence-corrected chi connectivity index (χ3v) is 5.04. The number of amides is 1. The Bertz CT molecular complexity index is 744. The van der Waals surface area contributed by atoms with E-state index in [2.05, 4.69) is 5.32 Å². The number of rotatable bonds is 10. The Morgan fingerprint density at radius 2 is 1.93 bits per heavy atom. The van der Waals surface area contributed by atoms with Crippen LogP contribution in [0, 0.1) is 5.92 Å². The first-order chi connectivity index (χ1) is 13.0. The second-order valence-corrected chi connectivity index (χ2v) is 9.97. The lowest BCUT2D eigenvalue weighted by atomic mass is 10.1. The van der Waals surface area contributed by atoms with Crippen LogP contribution in [-0.4, -0.2) is 45.1 Å². The van der Waals surface area contributed by atoms with E-state index in [0.29, 0.717) is 19.6 Å². The number of ether oxygens (including phenoxy) is 2. The molecule has 1 saturated carbocycles. The Balaban J connectivity index is 1.88. The van der Waals surface area contributed by atoms with Crippen molar-refractivity contribution in [2.75, 3.05) is 19.5 Å². The fourth-order valence-corrected chi connectivity index (χ4v) is 3.52. The molecule has 1 aliphatic carbocycles. The molecule has 0 unspecified atom stereocenters. The Kier molecular flexibility index (Phi) is 7.47. The summed E-state index contributed by atoms with van der Waals surface area (Å²) in [6.07, 6.45) is 2.66. The molecule has 2 rings (SSSR count). The highest BCUT2D eigenvalue weighted by atomic mass is 32.2. The molecule has 0 aromatic heterocycles. The molecule has 1 fully saturated rings. The predicted octanol–water partition coefficient (Wildman–Crippen LogP) is 3.24. The lowest BCUT2D eigenvalue weighted by Crippen LogP contribution is -2.44. The molecule has 7 nitrogen and oxygen atoms in total. The summed E-state index contributed by atoms with van der Waals surface area (Å²) in [5.74, 6) is 0.193. The standard InChI is InChI=1S/C20H31NO6S/c1-19(2,3)27-18(22)21-20(15-25-14-16-9-6-5-7-10-16)13-17(20)11-8-12-26-28(4,23)24/h5-7,9-10,17H,8,11-15H2,1-4H3,(H,21,22)/t17-,20+/m0/s1. The molecule has 1 aromatic carbocycles. The number of alkyl carbamates (subject to hydrolysis) is 1. The smallest absolute Gasteiger partial charge is 0.408 e. The number of hydrogen-bond donors (Lipinski definition) is 1. The molecule has 8 heteroatoms. The number of hydrogen-bond acceptors (Lipinski definition) is 6. The monoisotopic (exact) mass is 413 g/mol. The van der Waals surface area contributed by atoms with E-state index >= 15 is 0 Å². The van der Waals surface area contributed by atoms with Gasteiger partial charge in [-0.3, -0.25) is 4.18 Å². The topological polar surface area (TPSA) is 90.9 Å². The van der Waals surface area contributed by atoms with Crippen molar-refractivity contribution in [1.82, 2.24) is 5.32 Å². The fourth-order valence-electron chi connectivity index (χ4n) is 3.10. The second-order valence-electron chi connectivity index (χ2n) is 8.33. The molecule has 1 aromatic rings. The van der Waals surface area contributed by atoms with Gasteiger partial charge in [0, 0.05) is 0 Å². The minimum absolute atomic E-state index is 0.142. The molecule has 1 N–H and O–H groups in total. The minimum Gasteiger partial charge on any atom is -0.444 e. The van der Waals surface area contributed by atoms with Gasteiger partial charge in [-0.25, -0.2) is 4.79 Å². The lowest BCUT2D eigenvalue weighted by Gasteiger charge is -2.24. The summed E-state index contributed by atoms with van der Waals surface area (Å²) in [5.41, 5.74) is 0.000175. The Morgan fingerprint density at radius 1 is 1.25 bits per heavy atom. The summed E-state index contributed by atoms with van der Waals surface area (Å²) in [5, 5.41) is 2.97. The van der Waals surface area contributed by atoms with E-state index in [9.17, 15) is 13.2 Å². The molecule has 0 aliphatic heterocycles. The van der Waals surface area contributed by atoms with E-state index in [0.717, 1.165) is 24.7 Å². The number of benzene rings is 1. The number of carbonyl (C=O) groups excluding carboxylic acids is 1. The van der Waals surface area contributed by atoms with Gasteiger partial charge in [-0.2, -0.15) is 8.42 Å². The highest BCUT2D eigenvalue weighted by Crippen LogP contribution is 2.47. The predicted molar refractivity (Wildman–Crippen MR) is 106 cm³/mol. The molecule has 0 heterocycles. The number of carbonyl (C=O) groups is 1. The van der Waals surface area contributed by atoms with Gasteiger partial charge < -0.3 is 14.8 Å². The second kappa shape index (κ2) is 9.24. The van der Waals surface area contributed by atoms with Gasteiger partial charge in [0.2, 0.25) is 0 Å². The maximum atomic E-state index is 12.3. The van der Waals surface area contributed by atoms with Crippen LogP contribution < -0.4 is 5.32 Å². The molecular formula is C20H31NO6S.